The van der Waals surface area contributed by atoms with Gasteiger partial charge in [0, 0.05) is 0 Å². The second-order valence-electron chi connectivity index (χ2n) is 8.49. The molecule has 3 aliphatic carbocycles. The Morgan fingerprint density at radius 3 is 2.45 bits per heavy atom. The molecule has 0 aromatic rings. The van der Waals surface area contributed by atoms with E-state index in [2.05, 4.69) is 13.8 Å². The smallest absolute Gasteiger partial charge is 0.104 e. The standard InChI is InChI=1S/C18H28O4/c1-10-4-18(22-9-13-7-20-13)5-15(10)14-3-16(11(2)17(14)18)21-8-12-6-19-12/h10-17H,3-9H2,1-2H3. The number of hydrogen-bond acceptors (Lipinski definition) is 4. The number of hydrogen-bond donors (Lipinski definition) is 0. The molecule has 3 saturated carbocycles. The van der Waals surface area contributed by atoms with Gasteiger partial charge in [-0.3, -0.25) is 0 Å². The number of ether oxygens (including phenoxy) is 4. The molecule has 0 spiro atoms. The van der Waals surface area contributed by atoms with Crippen molar-refractivity contribution in [3.8, 4) is 0 Å². The summed E-state index contributed by atoms with van der Waals surface area (Å²) in [5.74, 6) is 3.76. The van der Waals surface area contributed by atoms with Crippen molar-refractivity contribution < 1.29 is 18.9 Å². The molecule has 9 atom stereocenters. The van der Waals surface area contributed by atoms with Crippen LogP contribution in [-0.4, -0.2) is 50.3 Å². The van der Waals surface area contributed by atoms with Gasteiger partial charge in [0.05, 0.1) is 38.1 Å². The van der Waals surface area contributed by atoms with Gasteiger partial charge >= 0.3 is 0 Å². The molecule has 2 saturated heterocycles. The van der Waals surface area contributed by atoms with Gasteiger partial charge in [0.2, 0.25) is 0 Å². The van der Waals surface area contributed by atoms with Crippen molar-refractivity contribution in [2.45, 2.75) is 57.0 Å². The van der Waals surface area contributed by atoms with Crippen molar-refractivity contribution >= 4 is 0 Å². The first-order valence-corrected chi connectivity index (χ1v) is 9.15. The number of fused-ring (bicyclic) bond motifs is 5. The molecule has 5 rings (SSSR count). The van der Waals surface area contributed by atoms with Crippen LogP contribution in [0.25, 0.3) is 0 Å². The van der Waals surface area contributed by atoms with Crippen molar-refractivity contribution in [2.75, 3.05) is 26.4 Å². The Hall–Kier alpha value is -0.160. The Labute approximate surface area is 132 Å². The summed E-state index contributed by atoms with van der Waals surface area (Å²) in [6, 6.07) is 0. The van der Waals surface area contributed by atoms with Gasteiger partial charge < -0.3 is 18.9 Å². The second kappa shape index (κ2) is 4.92. The molecule has 0 radical (unpaired) electrons. The fourth-order valence-corrected chi connectivity index (χ4v) is 6.04. The van der Waals surface area contributed by atoms with Gasteiger partial charge in [0.15, 0.2) is 0 Å². The minimum atomic E-state index is 0.119. The molecule has 2 aliphatic heterocycles. The second-order valence-corrected chi connectivity index (χ2v) is 8.49. The molecule has 4 heteroatoms. The fraction of sp³-hybridized carbons (Fsp3) is 1.00. The summed E-state index contributed by atoms with van der Waals surface area (Å²) in [5, 5.41) is 0. The highest BCUT2D eigenvalue weighted by Gasteiger charge is 2.66. The Morgan fingerprint density at radius 2 is 1.73 bits per heavy atom. The molecule has 5 fully saturated rings. The largest absolute Gasteiger partial charge is 0.375 e. The lowest BCUT2D eigenvalue weighted by Crippen LogP contribution is -2.43. The van der Waals surface area contributed by atoms with Crippen molar-refractivity contribution in [3.05, 3.63) is 0 Å². The van der Waals surface area contributed by atoms with Crippen LogP contribution in [0.2, 0.25) is 0 Å². The molecule has 0 N–H and O–H groups in total. The van der Waals surface area contributed by atoms with E-state index in [1.807, 2.05) is 0 Å². The molecular weight excluding hydrogens is 280 g/mol. The van der Waals surface area contributed by atoms with Crippen LogP contribution < -0.4 is 0 Å². The van der Waals surface area contributed by atoms with E-state index in [-0.39, 0.29) is 5.60 Å². The zero-order chi connectivity index (χ0) is 14.9. The summed E-state index contributed by atoms with van der Waals surface area (Å²) in [6.45, 7) is 8.20. The van der Waals surface area contributed by atoms with Gasteiger partial charge in [-0.1, -0.05) is 13.8 Å². The minimum absolute atomic E-state index is 0.119. The van der Waals surface area contributed by atoms with Gasteiger partial charge in [-0.25, -0.2) is 0 Å². The lowest BCUT2D eigenvalue weighted by atomic mass is 9.72. The van der Waals surface area contributed by atoms with Crippen LogP contribution in [0.3, 0.4) is 0 Å². The number of rotatable bonds is 6. The van der Waals surface area contributed by atoms with Crippen molar-refractivity contribution in [1.82, 2.24) is 0 Å². The van der Waals surface area contributed by atoms with E-state index >= 15 is 0 Å². The first-order valence-electron chi connectivity index (χ1n) is 9.15. The van der Waals surface area contributed by atoms with E-state index in [0.29, 0.717) is 30.1 Å². The van der Waals surface area contributed by atoms with Gasteiger partial charge in [0.1, 0.15) is 12.2 Å². The van der Waals surface area contributed by atoms with Crippen LogP contribution >= 0.6 is 0 Å². The summed E-state index contributed by atoms with van der Waals surface area (Å²) in [6.07, 6.45) is 4.91. The highest BCUT2D eigenvalue weighted by atomic mass is 16.6. The molecule has 5 aliphatic rings. The maximum atomic E-state index is 6.54. The van der Waals surface area contributed by atoms with E-state index in [1.165, 1.54) is 19.3 Å². The van der Waals surface area contributed by atoms with Crippen LogP contribution in [0.5, 0.6) is 0 Å². The van der Waals surface area contributed by atoms with Gasteiger partial charge in [-0.2, -0.15) is 0 Å². The van der Waals surface area contributed by atoms with Crippen molar-refractivity contribution in [1.29, 1.82) is 0 Å². The van der Waals surface area contributed by atoms with Crippen LogP contribution in [0.1, 0.15) is 33.1 Å². The van der Waals surface area contributed by atoms with Crippen molar-refractivity contribution in [2.24, 2.45) is 29.6 Å². The molecule has 9 unspecified atom stereocenters. The monoisotopic (exact) mass is 308 g/mol. The Balaban J connectivity index is 1.32. The minimum Gasteiger partial charge on any atom is -0.375 e. The maximum absolute atomic E-state index is 6.54. The van der Waals surface area contributed by atoms with Crippen LogP contribution in [0, 0.1) is 29.6 Å². The highest BCUT2D eigenvalue weighted by molar-refractivity contribution is 5.15. The van der Waals surface area contributed by atoms with E-state index in [1.54, 1.807) is 0 Å². The van der Waals surface area contributed by atoms with E-state index in [0.717, 1.165) is 44.2 Å². The Bertz CT molecular complexity index is 446. The molecule has 0 amide bonds. The summed E-state index contributed by atoms with van der Waals surface area (Å²) in [5.41, 5.74) is 0.119. The Kier molecular flexibility index (Phi) is 3.18. The SMILES string of the molecule is CC1CC2(OCC3CO3)CC1C1CC(OCC3CO3)C(C)C12. The van der Waals surface area contributed by atoms with Crippen molar-refractivity contribution in [3.63, 3.8) is 0 Å². The molecule has 2 heterocycles. The number of epoxide rings is 2. The summed E-state index contributed by atoms with van der Waals surface area (Å²) >= 11 is 0. The topological polar surface area (TPSA) is 43.5 Å². The third-order valence-corrected chi connectivity index (χ3v) is 7.11. The van der Waals surface area contributed by atoms with E-state index in [9.17, 15) is 0 Å². The average Bonchev–Trinajstić information content (AvgIpc) is 3.40. The van der Waals surface area contributed by atoms with Crippen LogP contribution in [0.4, 0.5) is 0 Å². The molecule has 2 bridgehead atoms. The lowest BCUT2D eigenvalue weighted by Gasteiger charge is -2.40. The molecule has 124 valence electrons. The van der Waals surface area contributed by atoms with E-state index in [4.69, 9.17) is 18.9 Å². The highest BCUT2D eigenvalue weighted by Crippen LogP contribution is 2.66. The molecule has 0 aromatic carbocycles. The van der Waals surface area contributed by atoms with Crippen LogP contribution in [-0.2, 0) is 18.9 Å². The fourth-order valence-electron chi connectivity index (χ4n) is 6.04. The molecular formula is C18H28O4. The van der Waals surface area contributed by atoms with Crippen LogP contribution in [0.15, 0.2) is 0 Å². The third kappa shape index (κ3) is 2.18. The van der Waals surface area contributed by atoms with Gasteiger partial charge in [0.25, 0.3) is 0 Å². The zero-order valence-electron chi connectivity index (χ0n) is 13.7. The third-order valence-electron chi connectivity index (χ3n) is 7.11. The van der Waals surface area contributed by atoms with Gasteiger partial charge in [-0.05, 0) is 48.9 Å². The Morgan fingerprint density at radius 1 is 1.00 bits per heavy atom. The quantitative estimate of drug-likeness (QED) is 0.706. The molecule has 0 aromatic heterocycles. The first-order chi connectivity index (χ1) is 10.7. The average molecular weight is 308 g/mol. The first kappa shape index (κ1) is 14.2. The summed E-state index contributed by atoms with van der Waals surface area (Å²) in [4.78, 5) is 0. The predicted octanol–water partition coefficient (Wildman–Crippen LogP) is 2.26. The van der Waals surface area contributed by atoms with Gasteiger partial charge in [-0.15, -0.1) is 0 Å². The zero-order valence-corrected chi connectivity index (χ0v) is 13.7. The summed E-state index contributed by atoms with van der Waals surface area (Å²) in [7, 11) is 0. The normalized spacial score (nSPS) is 58.1. The predicted molar refractivity (Wildman–Crippen MR) is 80.6 cm³/mol. The molecule has 22 heavy (non-hydrogen) atoms. The maximum Gasteiger partial charge on any atom is 0.104 e. The lowest BCUT2D eigenvalue weighted by molar-refractivity contribution is -0.105. The van der Waals surface area contributed by atoms with E-state index < -0.39 is 0 Å². The summed E-state index contributed by atoms with van der Waals surface area (Å²) < 4.78 is 23.4. The molecule has 4 nitrogen and oxygen atoms in total.